The van der Waals surface area contributed by atoms with Crippen LogP contribution < -0.4 is 11.1 Å². The molecule has 0 aliphatic heterocycles. The fourth-order valence-electron chi connectivity index (χ4n) is 3.89. The Bertz CT molecular complexity index is 588. The number of nitro groups is 1. The second-order valence-electron chi connectivity index (χ2n) is 6.15. The number of nitro benzene ring substituents is 1. The summed E-state index contributed by atoms with van der Waals surface area (Å²) in [5.41, 5.74) is 5.37. The van der Waals surface area contributed by atoms with Gasteiger partial charge in [-0.3, -0.25) is 14.9 Å². The molecular weight excluding hydrogens is 270 g/mol. The first kappa shape index (κ1) is 13.9. The van der Waals surface area contributed by atoms with Gasteiger partial charge in [-0.15, -0.1) is 0 Å². The smallest absolute Gasteiger partial charge is 0.304 e. The Morgan fingerprint density at radius 3 is 2.81 bits per heavy atom. The lowest BCUT2D eigenvalue weighted by Gasteiger charge is -2.21. The summed E-state index contributed by atoms with van der Waals surface area (Å²) in [5.74, 6) is 1.65. The summed E-state index contributed by atoms with van der Waals surface area (Å²) < 4.78 is 0. The number of nitrogen functional groups attached to an aromatic ring is 1. The van der Waals surface area contributed by atoms with Crippen molar-refractivity contribution in [2.45, 2.75) is 25.7 Å². The number of nitrogens with two attached hydrogens (primary N) is 1. The first-order valence-electron chi connectivity index (χ1n) is 7.37. The lowest BCUT2D eigenvalue weighted by atomic mass is 9.89. The molecule has 3 N–H and O–H groups in total. The topological polar surface area (TPSA) is 98.3 Å². The molecule has 1 amide bonds. The fourth-order valence-corrected chi connectivity index (χ4v) is 3.89. The normalized spacial score (nSPS) is 26.8. The van der Waals surface area contributed by atoms with E-state index in [1.54, 1.807) is 6.07 Å². The Morgan fingerprint density at radius 1 is 1.38 bits per heavy atom. The highest BCUT2D eigenvalue weighted by Gasteiger charge is 2.39. The molecule has 0 spiro atoms. The summed E-state index contributed by atoms with van der Waals surface area (Å²) in [7, 11) is 0. The molecule has 0 radical (unpaired) electrons. The van der Waals surface area contributed by atoms with Gasteiger partial charge in [-0.1, -0.05) is 12.5 Å². The van der Waals surface area contributed by atoms with Crippen LogP contribution in [0.3, 0.4) is 0 Å². The summed E-state index contributed by atoms with van der Waals surface area (Å²) in [6, 6.07) is 4.45. The van der Waals surface area contributed by atoms with E-state index in [-0.39, 0.29) is 16.9 Å². The van der Waals surface area contributed by atoms with E-state index in [0.29, 0.717) is 18.4 Å². The number of hydrogen-bond acceptors (Lipinski definition) is 4. The number of para-hydroxylation sites is 1. The van der Waals surface area contributed by atoms with Gasteiger partial charge in [0.25, 0.3) is 5.91 Å². The third kappa shape index (κ3) is 2.57. The lowest BCUT2D eigenvalue weighted by Crippen LogP contribution is -2.32. The van der Waals surface area contributed by atoms with E-state index in [1.807, 2.05) is 0 Å². The van der Waals surface area contributed by atoms with Crippen LogP contribution in [-0.4, -0.2) is 17.4 Å². The van der Waals surface area contributed by atoms with Crippen LogP contribution in [0.4, 0.5) is 11.4 Å². The largest absolute Gasteiger partial charge is 0.393 e. The number of nitrogens with one attached hydrogen (secondary N) is 1. The molecule has 2 bridgehead atoms. The molecule has 0 heterocycles. The van der Waals surface area contributed by atoms with Gasteiger partial charge in [0.1, 0.15) is 11.3 Å². The minimum Gasteiger partial charge on any atom is -0.393 e. The number of benzene rings is 1. The maximum Gasteiger partial charge on any atom is 0.304 e. The monoisotopic (exact) mass is 289 g/mol. The summed E-state index contributed by atoms with van der Waals surface area (Å²) in [6.45, 7) is 0.603. The van der Waals surface area contributed by atoms with Crippen molar-refractivity contribution in [2.24, 2.45) is 17.8 Å². The van der Waals surface area contributed by atoms with Crippen molar-refractivity contribution >= 4 is 17.3 Å². The third-order valence-electron chi connectivity index (χ3n) is 4.90. The molecule has 2 fully saturated rings. The van der Waals surface area contributed by atoms with Gasteiger partial charge in [-0.05, 0) is 49.1 Å². The first-order valence-corrected chi connectivity index (χ1v) is 7.37. The zero-order valence-electron chi connectivity index (χ0n) is 11.7. The van der Waals surface area contributed by atoms with E-state index in [1.165, 1.54) is 37.8 Å². The molecule has 21 heavy (non-hydrogen) atoms. The summed E-state index contributed by atoms with van der Waals surface area (Å²) in [6.07, 6.45) is 5.02. The van der Waals surface area contributed by atoms with Gasteiger partial charge in [0.15, 0.2) is 0 Å². The molecular formula is C15H19N3O3. The van der Waals surface area contributed by atoms with Crippen LogP contribution in [0.1, 0.15) is 36.0 Å². The predicted molar refractivity (Wildman–Crippen MR) is 78.8 cm³/mol. The van der Waals surface area contributed by atoms with Crippen molar-refractivity contribution in [3.63, 3.8) is 0 Å². The first-order chi connectivity index (χ1) is 10.1. The van der Waals surface area contributed by atoms with E-state index in [2.05, 4.69) is 5.32 Å². The van der Waals surface area contributed by atoms with Gasteiger partial charge in [-0.25, -0.2) is 0 Å². The quantitative estimate of drug-likeness (QED) is 0.505. The standard InChI is InChI=1S/C15H19N3O3/c16-13-3-1-2-12(14(13)18(20)21)15(19)17-8-11-7-9-4-5-10(11)6-9/h1-3,9-11H,4-8,16H2,(H,17,19). The average molecular weight is 289 g/mol. The summed E-state index contributed by atoms with van der Waals surface area (Å²) in [5, 5.41) is 13.9. The highest BCUT2D eigenvalue weighted by molar-refractivity contribution is 6.00. The number of carbonyl (C=O) groups is 1. The minimum atomic E-state index is -0.595. The van der Waals surface area contributed by atoms with Gasteiger partial charge in [0, 0.05) is 6.54 Å². The Kier molecular flexibility index (Phi) is 3.53. The van der Waals surface area contributed by atoms with Crippen LogP contribution in [0.5, 0.6) is 0 Å². The number of fused-ring (bicyclic) bond motifs is 2. The van der Waals surface area contributed by atoms with Crippen LogP contribution in [-0.2, 0) is 0 Å². The van der Waals surface area contributed by atoms with Crippen molar-refractivity contribution < 1.29 is 9.72 Å². The maximum absolute atomic E-state index is 12.2. The average Bonchev–Trinajstić information content (AvgIpc) is 3.06. The van der Waals surface area contributed by atoms with Crippen molar-refractivity contribution in [3.05, 3.63) is 33.9 Å². The number of nitrogens with zero attached hydrogens (tertiary/aromatic N) is 1. The molecule has 0 saturated heterocycles. The molecule has 1 aromatic rings. The minimum absolute atomic E-state index is 0.0209. The van der Waals surface area contributed by atoms with Gasteiger partial charge in [-0.2, -0.15) is 0 Å². The molecule has 3 rings (SSSR count). The van der Waals surface area contributed by atoms with Crippen LogP contribution in [0.2, 0.25) is 0 Å². The third-order valence-corrected chi connectivity index (χ3v) is 4.90. The number of hydrogen-bond donors (Lipinski definition) is 2. The van der Waals surface area contributed by atoms with E-state index >= 15 is 0 Å². The molecule has 0 aromatic heterocycles. The number of anilines is 1. The van der Waals surface area contributed by atoms with E-state index in [4.69, 9.17) is 5.73 Å². The summed E-state index contributed by atoms with van der Waals surface area (Å²) >= 11 is 0. The van der Waals surface area contributed by atoms with Crippen molar-refractivity contribution in [3.8, 4) is 0 Å². The Morgan fingerprint density at radius 2 is 2.19 bits per heavy atom. The highest BCUT2D eigenvalue weighted by Crippen LogP contribution is 2.47. The summed E-state index contributed by atoms with van der Waals surface area (Å²) in [4.78, 5) is 22.7. The Labute approximate surface area is 122 Å². The second kappa shape index (κ2) is 5.35. The Balaban J connectivity index is 1.68. The van der Waals surface area contributed by atoms with Crippen molar-refractivity contribution in [2.75, 3.05) is 12.3 Å². The molecule has 2 saturated carbocycles. The van der Waals surface area contributed by atoms with Gasteiger partial charge in [0.2, 0.25) is 0 Å². The molecule has 6 nitrogen and oxygen atoms in total. The molecule has 2 aliphatic rings. The predicted octanol–water partition coefficient (Wildman–Crippen LogP) is 2.34. The van der Waals surface area contributed by atoms with Gasteiger partial charge < -0.3 is 11.1 Å². The maximum atomic E-state index is 12.2. The van der Waals surface area contributed by atoms with E-state index in [9.17, 15) is 14.9 Å². The molecule has 1 aromatic carbocycles. The van der Waals surface area contributed by atoms with E-state index in [0.717, 1.165) is 5.92 Å². The molecule has 3 unspecified atom stereocenters. The van der Waals surface area contributed by atoms with Crippen molar-refractivity contribution in [1.82, 2.24) is 5.32 Å². The number of amides is 1. The van der Waals surface area contributed by atoms with Crippen LogP contribution in [0.25, 0.3) is 0 Å². The lowest BCUT2D eigenvalue weighted by molar-refractivity contribution is -0.384. The van der Waals surface area contributed by atoms with Crippen LogP contribution >= 0.6 is 0 Å². The molecule has 112 valence electrons. The number of carbonyl (C=O) groups excluding carboxylic acids is 1. The molecule has 2 aliphatic carbocycles. The Hall–Kier alpha value is -2.11. The van der Waals surface area contributed by atoms with Gasteiger partial charge >= 0.3 is 5.69 Å². The zero-order valence-corrected chi connectivity index (χ0v) is 11.7. The molecule has 3 atom stereocenters. The van der Waals surface area contributed by atoms with Crippen LogP contribution in [0, 0.1) is 27.9 Å². The van der Waals surface area contributed by atoms with Gasteiger partial charge in [0.05, 0.1) is 4.92 Å². The van der Waals surface area contributed by atoms with E-state index < -0.39 is 10.8 Å². The fraction of sp³-hybridized carbons (Fsp3) is 0.533. The zero-order chi connectivity index (χ0) is 15.0. The second-order valence-corrected chi connectivity index (χ2v) is 6.15. The highest BCUT2D eigenvalue weighted by atomic mass is 16.6. The molecule has 6 heteroatoms. The SMILES string of the molecule is Nc1cccc(C(=O)NCC2CC3CCC2C3)c1[N+](=O)[O-]. The number of rotatable bonds is 4. The van der Waals surface area contributed by atoms with Crippen molar-refractivity contribution in [1.29, 1.82) is 0 Å². The van der Waals surface area contributed by atoms with Crippen LogP contribution in [0.15, 0.2) is 18.2 Å².